The molecule has 0 saturated carbocycles. The van der Waals surface area contributed by atoms with Crippen LogP contribution in [-0.4, -0.2) is 16.3 Å². The molecular weight excluding hydrogens is 224 g/mol. The van der Waals surface area contributed by atoms with Gasteiger partial charge in [0.1, 0.15) is 17.0 Å². The summed E-state index contributed by atoms with van der Waals surface area (Å²) in [5, 5.41) is 10.9. The zero-order valence-electron chi connectivity index (χ0n) is 12.1. The Labute approximate surface area is 111 Å². The molecule has 0 atom stereocenters. The number of rotatable bonds is 7. The van der Waals surface area contributed by atoms with Crippen LogP contribution in [0.5, 0.6) is 5.75 Å². The molecule has 2 heteroatoms. The molecule has 18 heavy (non-hydrogen) atoms. The monoisotopic (exact) mass is 250 g/mol. The minimum atomic E-state index is -0.771. The molecule has 2 nitrogen and oxygen atoms in total. The number of hydrogen-bond acceptors (Lipinski definition) is 2. The molecule has 0 aliphatic rings. The lowest BCUT2D eigenvalue weighted by Gasteiger charge is -2.46. The van der Waals surface area contributed by atoms with Crippen LogP contribution in [0.3, 0.4) is 0 Å². The second-order valence-corrected chi connectivity index (χ2v) is 4.86. The van der Waals surface area contributed by atoms with Gasteiger partial charge in [-0.2, -0.15) is 0 Å². The van der Waals surface area contributed by atoms with Gasteiger partial charge in [0.25, 0.3) is 0 Å². The van der Waals surface area contributed by atoms with Crippen molar-refractivity contribution < 1.29 is 9.84 Å². The van der Waals surface area contributed by atoms with E-state index in [1.54, 1.807) is 0 Å². The largest absolute Gasteiger partial charge is 0.484 e. The van der Waals surface area contributed by atoms with Crippen molar-refractivity contribution in [2.24, 2.45) is 0 Å². The van der Waals surface area contributed by atoms with E-state index < -0.39 is 11.2 Å². The molecule has 0 unspecified atom stereocenters. The minimum absolute atomic E-state index is 0.502. The molecule has 0 amide bonds. The number of benzene rings is 1. The summed E-state index contributed by atoms with van der Waals surface area (Å²) in [5.41, 5.74) is -1.27. The third kappa shape index (κ3) is 2.69. The van der Waals surface area contributed by atoms with Gasteiger partial charge < -0.3 is 9.84 Å². The maximum Gasteiger partial charge on any atom is 0.137 e. The van der Waals surface area contributed by atoms with E-state index in [1.165, 1.54) is 0 Å². The first kappa shape index (κ1) is 15.0. The standard InChI is InChI=1S/C16H26O2/c1-5-15(17,6-2)16(7-3,8-4)18-14-12-10-9-11-13-14/h9-13,17H,5-8H2,1-4H3. The summed E-state index contributed by atoms with van der Waals surface area (Å²) in [6.07, 6.45) is 3.02. The van der Waals surface area contributed by atoms with Gasteiger partial charge in [0.2, 0.25) is 0 Å². The molecule has 0 radical (unpaired) electrons. The average molecular weight is 250 g/mol. The van der Waals surface area contributed by atoms with Crippen LogP contribution in [0, 0.1) is 0 Å². The Kier molecular flexibility index (Phi) is 5.21. The maximum absolute atomic E-state index is 10.9. The first-order valence-electron chi connectivity index (χ1n) is 7.04. The van der Waals surface area contributed by atoms with Crippen molar-refractivity contribution in [3.63, 3.8) is 0 Å². The van der Waals surface area contributed by atoms with Crippen molar-refractivity contribution in [2.45, 2.75) is 64.6 Å². The summed E-state index contributed by atoms with van der Waals surface area (Å²) < 4.78 is 6.20. The Morgan fingerprint density at radius 1 is 0.889 bits per heavy atom. The van der Waals surface area contributed by atoms with Gasteiger partial charge >= 0.3 is 0 Å². The fourth-order valence-corrected chi connectivity index (χ4v) is 2.76. The minimum Gasteiger partial charge on any atom is -0.484 e. The molecule has 0 spiro atoms. The van der Waals surface area contributed by atoms with Crippen LogP contribution >= 0.6 is 0 Å². The van der Waals surface area contributed by atoms with Crippen LogP contribution in [0.25, 0.3) is 0 Å². The normalized spacial score (nSPS) is 12.5. The Hall–Kier alpha value is -1.02. The zero-order valence-corrected chi connectivity index (χ0v) is 12.1. The van der Waals surface area contributed by atoms with Crippen molar-refractivity contribution in [2.75, 3.05) is 0 Å². The fourth-order valence-electron chi connectivity index (χ4n) is 2.76. The van der Waals surface area contributed by atoms with E-state index in [4.69, 9.17) is 4.74 Å². The number of hydrogen-bond donors (Lipinski definition) is 1. The quantitative estimate of drug-likeness (QED) is 0.786. The summed E-state index contributed by atoms with van der Waals surface area (Å²) in [6, 6.07) is 9.79. The Morgan fingerprint density at radius 2 is 1.39 bits per heavy atom. The first-order valence-corrected chi connectivity index (χ1v) is 7.04. The van der Waals surface area contributed by atoms with Crippen LogP contribution < -0.4 is 4.74 Å². The van der Waals surface area contributed by atoms with E-state index in [0.29, 0.717) is 12.8 Å². The predicted octanol–water partition coefficient (Wildman–Crippen LogP) is 4.18. The molecule has 0 heterocycles. The smallest absolute Gasteiger partial charge is 0.137 e. The highest BCUT2D eigenvalue weighted by atomic mass is 16.5. The average Bonchev–Trinajstić information content (AvgIpc) is 2.45. The van der Waals surface area contributed by atoms with Crippen molar-refractivity contribution >= 4 is 0 Å². The lowest BCUT2D eigenvalue weighted by atomic mass is 9.75. The highest BCUT2D eigenvalue weighted by Gasteiger charge is 2.47. The fraction of sp³-hybridized carbons (Fsp3) is 0.625. The van der Waals surface area contributed by atoms with Crippen LogP contribution in [0.1, 0.15) is 53.4 Å². The van der Waals surface area contributed by atoms with E-state index in [9.17, 15) is 5.11 Å². The third-order valence-electron chi connectivity index (χ3n) is 4.22. The maximum atomic E-state index is 10.9. The second-order valence-electron chi connectivity index (χ2n) is 4.86. The number of para-hydroxylation sites is 1. The van der Waals surface area contributed by atoms with Crippen LogP contribution in [0.15, 0.2) is 30.3 Å². The molecule has 102 valence electrons. The van der Waals surface area contributed by atoms with Gasteiger partial charge in [-0.3, -0.25) is 0 Å². The summed E-state index contributed by atoms with van der Waals surface area (Å²) in [5.74, 6) is 0.835. The summed E-state index contributed by atoms with van der Waals surface area (Å²) >= 11 is 0. The molecule has 0 aliphatic carbocycles. The molecule has 0 aromatic heterocycles. The molecule has 1 aromatic carbocycles. The zero-order chi connectivity index (χ0) is 13.6. The molecular formula is C16H26O2. The molecule has 0 fully saturated rings. The Bertz CT molecular complexity index is 337. The molecule has 1 aromatic rings. The molecule has 0 aliphatic heterocycles. The molecule has 1 rings (SSSR count). The number of aliphatic hydroxyl groups is 1. The van der Waals surface area contributed by atoms with Crippen molar-refractivity contribution in [3.05, 3.63) is 30.3 Å². The highest BCUT2D eigenvalue weighted by molar-refractivity contribution is 5.23. The summed E-state index contributed by atoms with van der Waals surface area (Å²) in [6.45, 7) is 8.22. The highest BCUT2D eigenvalue weighted by Crippen LogP contribution is 2.38. The molecule has 0 bridgehead atoms. The first-order chi connectivity index (χ1) is 8.57. The van der Waals surface area contributed by atoms with Crippen LogP contribution in [0.2, 0.25) is 0 Å². The van der Waals surface area contributed by atoms with Crippen molar-refractivity contribution in [1.82, 2.24) is 0 Å². The summed E-state index contributed by atoms with van der Waals surface area (Å²) in [4.78, 5) is 0. The Balaban J connectivity index is 3.07. The molecule has 0 saturated heterocycles. The SMILES string of the molecule is CCC(O)(CC)C(CC)(CC)Oc1ccccc1. The van der Waals surface area contributed by atoms with Gasteiger partial charge in [-0.25, -0.2) is 0 Å². The van der Waals surface area contributed by atoms with Gasteiger partial charge in [0.05, 0.1) is 0 Å². The van der Waals surface area contributed by atoms with Crippen molar-refractivity contribution in [3.8, 4) is 5.75 Å². The van der Waals surface area contributed by atoms with Crippen LogP contribution in [-0.2, 0) is 0 Å². The van der Waals surface area contributed by atoms with Crippen molar-refractivity contribution in [1.29, 1.82) is 0 Å². The second kappa shape index (κ2) is 6.24. The van der Waals surface area contributed by atoms with Gasteiger partial charge in [-0.1, -0.05) is 45.9 Å². The third-order valence-corrected chi connectivity index (χ3v) is 4.22. The van der Waals surface area contributed by atoms with E-state index in [2.05, 4.69) is 13.8 Å². The van der Waals surface area contributed by atoms with Crippen LogP contribution in [0.4, 0.5) is 0 Å². The lowest BCUT2D eigenvalue weighted by Crippen LogP contribution is -2.56. The summed E-state index contributed by atoms with van der Waals surface area (Å²) in [7, 11) is 0. The van der Waals surface area contributed by atoms with Gasteiger partial charge in [0, 0.05) is 0 Å². The van der Waals surface area contributed by atoms with Gasteiger partial charge in [-0.05, 0) is 37.8 Å². The molecule has 1 N–H and O–H groups in total. The lowest BCUT2D eigenvalue weighted by molar-refractivity contribution is -0.143. The predicted molar refractivity (Wildman–Crippen MR) is 75.9 cm³/mol. The van der Waals surface area contributed by atoms with Gasteiger partial charge in [-0.15, -0.1) is 0 Å². The van der Waals surface area contributed by atoms with E-state index >= 15 is 0 Å². The van der Waals surface area contributed by atoms with Gasteiger partial charge in [0.15, 0.2) is 0 Å². The van der Waals surface area contributed by atoms with E-state index in [1.807, 2.05) is 44.2 Å². The topological polar surface area (TPSA) is 29.5 Å². The van der Waals surface area contributed by atoms with E-state index in [0.717, 1.165) is 18.6 Å². The Morgan fingerprint density at radius 3 is 1.78 bits per heavy atom. The van der Waals surface area contributed by atoms with E-state index in [-0.39, 0.29) is 0 Å². The number of ether oxygens (including phenoxy) is 1.